The van der Waals surface area contributed by atoms with Crippen molar-refractivity contribution in [2.75, 3.05) is 0 Å². The van der Waals surface area contributed by atoms with Gasteiger partial charge in [0.15, 0.2) is 0 Å². The molecule has 2 aliphatic rings. The molecule has 2 aliphatic heterocycles. The van der Waals surface area contributed by atoms with Crippen molar-refractivity contribution in [2.45, 2.75) is 32.4 Å². The molecule has 2 nitrogen and oxygen atoms in total. The quantitative estimate of drug-likeness (QED) is 0.614. The van der Waals surface area contributed by atoms with Crippen LogP contribution >= 0.6 is 0 Å². The van der Waals surface area contributed by atoms with Crippen LogP contribution in [0.3, 0.4) is 0 Å². The van der Waals surface area contributed by atoms with E-state index in [4.69, 9.17) is 4.74 Å². The molecule has 60 valence electrons. The Bertz CT molecular complexity index is 230. The zero-order valence-corrected chi connectivity index (χ0v) is 6.92. The van der Waals surface area contributed by atoms with E-state index in [2.05, 4.69) is 25.4 Å². The van der Waals surface area contributed by atoms with Gasteiger partial charge in [0, 0.05) is 0 Å². The molecule has 0 aromatic carbocycles. The van der Waals surface area contributed by atoms with Gasteiger partial charge in [0.05, 0.1) is 12.3 Å². The monoisotopic (exact) mass is 151 g/mol. The number of hydrogen-bond donors (Lipinski definition) is 1. The molecule has 0 fully saturated rings. The van der Waals surface area contributed by atoms with Gasteiger partial charge < -0.3 is 10.1 Å². The summed E-state index contributed by atoms with van der Waals surface area (Å²) in [5.74, 6) is 0. The minimum Gasteiger partial charge on any atom is -0.491 e. The minimum absolute atomic E-state index is 0.292. The second-order valence-corrected chi connectivity index (χ2v) is 3.14. The third-order valence-electron chi connectivity index (χ3n) is 2.42. The summed E-state index contributed by atoms with van der Waals surface area (Å²) in [6.45, 7) is 4.26. The fraction of sp³-hybridized carbons (Fsp3) is 0.556. The van der Waals surface area contributed by atoms with Gasteiger partial charge in [-0.2, -0.15) is 0 Å². The highest BCUT2D eigenvalue weighted by Gasteiger charge is 2.34. The number of fused-ring (bicyclic) bond motifs is 1. The summed E-state index contributed by atoms with van der Waals surface area (Å²) in [4.78, 5) is 0. The molecule has 2 heterocycles. The highest BCUT2D eigenvalue weighted by molar-refractivity contribution is 5.29. The third kappa shape index (κ3) is 0.854. The van der Waals surface area contributed by atoms with Gasteiger partial charge in [0.25, 0.3) is 0 Å². The lowest BCUT2D eigenvalue weighted by atomic mass is 10.0. The maximum atomic E-state index is 5.50. The molecule has 0 spiro atoms. The van der Waals surface area contributed by atoms with Gasteiger partial charge in [-0.1, -0.05) is 6.92 Å². The minimum atomic E-state index is 0.292. The summed E-state index contributed by atoms with van der Waals surface area (Å²) in [7, 11) is 0. The molecule has 11 heavy (non-hydrogen) atoms. The largest absolute Gasteiger partial charge is 0.491 e. The van der Waals surface area contributed by atoms with Crippen LogP contribution in [0.1, 0.15) is 20.3 Å². The zero-order valence-electron chi connectivity index (χ0n) is 6.92. The van der Waals surface area contributed by atoms with Gasteiger partial charge in [0.2, 0.25) is 0 Å². The standard InChI is InChI=1S/C9H13NO/c1-3-7-4-10-8-6(2)5-11-9(7)8/h4-5,8-10H,3H2,1-2H3. The van der Waals surface area contributed by atoms with Crippen molar-refractivity contribution in [2.24, 2.45) is 0 Å². The van der Waals surface area contributed by atoms with E-state index >= 15 is 0 Å². The summed E-state index contributed by atoms with van der Waals surface area (Å²) in [6, 6.07) is 0.421. The molecular weight excluding hydrogens is 138 g/mol. The Hall–Kier alpha value is -0.920. The lowest BCUT2D eigenvalue weighted by Crippen LogP contribution is -2.29. The van der Waals surface area contributed by atoms with E-state index in [-0.39, 0.29) is 0 Å². The maximum Gasteiger partial charge on any atom is 0.144 e. The second-order valence-electron chi connectivity index (χ2n) is 3.14. The van der Waals surface area contributed by atoms with Crippen LogP contribution in [0.15, 0.2) is 23.6 Å². The van der Waals surface area contributed by atoms with Crippen molar-refractivity contribution in [3.05, 3.63) is 23.6 Å². The Labute approximate surface area is 66.9 Å². The molecule has 0 radical (unpaired) electrons. The smallest absolute Gasteiger partial charge is 0.144 e. The highest BCUT2D eigenvalue weighted by Crippen LogP contribution is 2.29. The van der Waals surface area contributed by atoms with E-state index in [0.717, 1.165) is 6.42 Å². The molecule has 0 amide bonds. The van der Waals surface area contributed by atoms with Crippen LogP contribution in [0, 0.1) is 0 Å². The van der Waals surface area contributed by atoms with E-state index < -0.39 is 0 Å². The summed E-state index contributed by atoms with van der Waals surface area (Å²) in [6.07, 6.45) is 5.33. The Morgan fingerprint density at radius 2 is 2.45 bits per heavy atom. The first kappa shape index (κ1) is 6.77. The Morgan fingerprint density at radius 3 is 3.18 bits per heavy atom. The molecule has 2 heteroatoms. The topological polar surface area (TPSA) is 21.3 Å². The highest BCUT2D eigenvalue weighted by atomic mass is 16.5. The summed E-state index contributed by atoms with van der Waals surface area (Å²) in [5.41, 5.74) is 2.68. The van der Waals surface area contributed by atoms with Gasteiger partial charge in [-0.3, -0.25) is 0 Å². The van der Waals surface area contributed by atoms with Crippen LogP contribution in [-0.2, 0) is 4.74 Å². The molecule has 0 aliphatic carbocycles. The third-order valence-corrected chi connectivity index (χ3v) is 2.42. The summed E-state index contributed by atoms with van der Waals surface area (Å²) >= 11 is 0. The predicted molar refractivity (Wildman–Crippen MR) is 43.9 cm³/mol. The van der Waals surface area contributed by atoms with E-state index in [9.17, 15) is 0 Å². The molecule has 0 aromatic rings. The molecule has 0 saturated carbocycles. The fourth-order valence-electron chi connectivity index (χ4n) is 1.67. The van der Waals surface area contributed by atoms with Crippen molar-refractivity contribution in [1.29, 1.82) is 0 Å². The average Bonchev–Trinajstić information content (AvgIpc) is 2.53. The van der Waals surface area contributed by atoms with Crippen molar-refractivity contribution in [3.8, 4) is 0 Å². The van der Waals surface area contributed by atoms with Crippen LogP contribution in [0.5, 0.6) is 0 Å². The Kier molecular flexibility index (Phi) is 1.41. The van der Waals surface area contributed by atoms with E-state index in [1.165, 1.54) is 11.1 Å². The molecule has 0 bridgehead atoms. The maximum absolute atomic E-state index is 5.50. The van der Waals surface area contributed by atoms with Gasteiger partial charge in [-0.25, -0.2) is 0 Å². The van der Waals surface area contributed by atoms with Crippen LogP contribution < -0.4 is 5.32 Å². The first-order valence-corrected chi connectivity index (χ1v) is 4.10. The predicted octanol–water partition coefficient (Wildman–Crippen LogP) is 1.55. The number of hydrogen-bond acceptors (Lipinski definition) is 2. The van der Waals surface area contributed by atoms with Crippen LogP contribution in [0.2, 0.25) is 0 Å². The Balaban J connectivity index is 2.16. The van der Waals surface area contributed by atoms with Crippen molar-refractivity contribution >= 4 is 0 Å². The zero-order chi connectivity index (χ0) is 7.84. The van der Waals surface area contributed by atoms with E-state index in [0.29, 0.717) is 12.1 Å². The lowest BCUT2D eigenvalue weighted by Gasteiger charge is -2.13. The molecule has 2 unspecified atom stereocenters. The Morgan fingerprint density at radius 1 is 1.64 bits per heavy atom. The molecule has 2 atom stereocenters. The van der Waals surface area contributed by atoms with Crippen LogP contribution in [0.4, 0.5) is 0 Å². The van der Waals surface area contributed by atoms with E-state index in [1.807, 2.05) is 6.26 Å². The number of nitrogens with one attached hydrogen (secondary N) is 1. The molecule has 0 aromatic heterocycles. The number of rotatable bonds is 1. The molecule has 0 saturated heterocycles. The second kappa shape index (κ2) is 2.29. The van der Waals surface area contributed by atoms with Gasteiger partial charge in [-0.05, 0) is 30.7 Å². The summed E-state index contributed by atoms with van der Waals surface area (Å²) < 4.78 is 5.50. The lowest BCUT2D eigenvalue weighted by molar-refractivity contribution is 0.191. The average molecular weight is 151 g/mol. The normalized spacial score (nSPS) is 33.6. The fourth-order valence-corrected chi connectivity index (χ4v) is 1.67. The molecule has 1 N–H and O–H groups in total. The summed E-state index contributed by atoms with van der Waals surface area (Å²) in [5, 5.41) is 3.31. The van der Waals surface area contributed by atoms with Crippen molar-refractivity contribution in [3.63, 3.8) is 0 Å². The first-order chi connectivity index (χ1) is 5.33. The van der Waals surface area contributed by atoms with Crippen LogP contribution in [-0.4, -0.2) is 12.1 Å². The van der Waals surface area contributed by atoms with Gasteiger partial charge in [-0.15, -0.1) is 0 Å². The first-order valence-electron chi connectivity index (χ1n) is 4.10. The SMILES string of the molecule is CCC1=CNC2C(C)=COC12. The van der Waals surface area contributed by atoms with Crippen molar-refractivity contribution in [1.82, 2.24) is 5.32 Å². The molecular formula is C9H13NO. The number of ether oxygens (including phenoxy) is 1. The molecule has 2 rings (SSSR count). The van der Waals surface area contributed by atoms with Crippen molar-refractivity contribution < 1.29 is 4.74 Å². The van der Waals surface area contributed by atoms with Crippen LogP contribution in [0.25, 0.3) is 0 Å². The van der Waals surface area contributed by atoms with E-state index in [1.54, 1.807) is 0 Å². The van der Waals surface area contributed by atoms with Gasteiger partial charge in [0.1, 0.15) is 6.10 Å². The van der Waals surface area contributed by atoms with Gasteiger partial charge >= 0.3 is 0 Å².